The molecule has 5 rings (SSSR count). The predicted octanol–water partition coefficient (Wildman–Crippen LogP) is 6.83. The third-order valence-electron chi connectivity index (χ3n) is 5.64. The quantitative estimate of drug-likeness (QED) is 0.133. The van der Waals surface area contributed by atoms with Gasteiger partial charge in [0, 0.05) is 10.8 Å². The molecular formula is C26H17Cl2NO4. The second kappa shape index (κ2) is 8.10. The topological polar surface area (TPSA) is 82.5 Å². The predicted molar refractivity (Wildman–Crippen MR) is 133 cm³/mol. The number of hydrogen-bond acceptors (Lipinski definition) is 5. The maximum Gasteiger partial charge on any atom is 0.346 e. The van der Waals surface area contributed by atoms with E-state index in [1.807, 2.05) is 30.3 Å². The van der Waals surface area contributed by atoms with Crippen molar-refractivity contribution in [3.63, 3.8) is 0 Å². The first-order valence-corrected chi connectivity index (χ1v) is 11.0. The summed E-state index contributed by atoms with van der Waals surface area (Å²) in [7, 11) is 0. The molecule has 0 unspecified atom stereocenters. The number of halogens is 2. The maximum atomic E-state index is 13.0. The largest absolute Gasteiger partial charge is 0.462 e. The number of benzene rings is 4. The third kappa shape index (κ3) is 3.41. The zero-order chi connectivity index (χ0) is 23.3. The molecule has 0 bridgehead atoms. The number of nitrogens with two attached hydrogens (primary N) is 1. The van der Waals surface area contributed by atoms with E-state index in [9.17, 15) is 9.59 Å². The number of esters is 1. The van der Waals surface area contributed by atoms with E-state index in [-0.39, 0.29) is 23.2 Å². The van der Waals surface area contributed by atoms with Crippen molar-refractivity contribution in [3.05, 3.63) is 86.7 Å². The van der Waals surface area contributed by atoms with Crippen LogP contribution < -0.4 is 11.4 Å². The number of fused-ring (bicyclic) bond motifs is 5. The summed E-state index contributed by atoms with van der Waals surface area (Å²) in [6.07, 6.45) is 0. The van der Waals surface area contributed by atoms with Crippen molar-refractivity contribution >= 4 is 67.4 Å². The van der Waals surface area contributed by atoms with Crippen molar-refractivity contribution in [2.24, 2.45) is 0 Å². The minimum absolute atomic E-state index is 0.00407. The Balaban J connectivity index is 2.01. The molecule has 5 aromatic rings. The fourth-order valence-electron chi connectivity index (χ4n) is 4.20. The highest BCUT2D eigenvalue weighted by atomic mass is 35.5. The number of rotatable bonds is 3. The smallest absolute Gasteiger partial charge is 0.346 e. The molecule has 0 saturated heterocycles. The molecule has 4 aromatic carbocycles. The molecule has 0 amide bonds. The van der Waals surface area contributed by atoms with Crippen molar-refractivity contribution in [3.8, 4) is 11.1 Å². The Hall–Kier alpha value is -3.54. The van der Waals surface area contributed by atoms with Gasteiger partial charge in [0.25, 0.3) is 0 Å². The van der Waals surface area contributed by atoms with Crippen LogP contribution in [0.4, 0.5) is 5.69 Å². The Labute approximate surface area is 198 Å². The van der Waals surface area contributed by atoms with E-state index in [1.165, 1.54) is 0 Å². The van der Waals surface area contributed by atoms with E-state index in [4.69, 9.17) is 38.1 Å². The minimum Gasteiger partial charge on any atom is -0.462 e. The van der Waals surface area contributed by atoms with Gasteiger partial charge in [0.05, 0.1) is 33.3 Å². The third-order valence-corrected chi connectivity index (χ3v) is 6.38. The number of carbonyl (C=O) groups is 1. The molecule has 1 aromatic heterocycles. The van der Waals surface area contributed by atoms with Crippen LogP contribution in [0.5, 0.6) is 0 Å². The van der Waals surface area contributed by atoms with Gasteiger partial charge in [0.15, 0.2) is 0 Å². The molecule has 0 saturated carbocycles. The number of nitrogen functional groups attached to an aromatic ring is 1. The van der Waals surface area contributed by atoms with Gasteiger partial charge in [-0.05, 0) is 53.1 Å². The normalized spacial score (nSPS) is 11.4. The average Bonchev–Trinajstić information content (AvgIpc) is 2.80. The second-order valence-corrected chi connectivity index (χ2v) is 8.35. The van der Waals surface area contributed by atoms with Crippen molar-refractivity contribution < 1.29 is 13.9 Å². The minimum atomic E-state index is -0.643. The number of hydrogen-bond donors (Lipinski definition) is 1. The average molecular weight is 478 g/mol. The lowest BCUT2D eigenvalue weighted by molar-refractivity contribution is 0.0528. The van der Waals surface area contributed by atoms with Gasteiger partial charge in [-0.2, -0.15) is 0 Å². The van der Waals surface area contributed by atoms with Crippen molar-refractivity contribution in [2.45, 2.75) is 6.92 Å². The molecule has 0 radical (unpaired) electrons. The fourth-order valence-corrected chi connectivity index (χ4v) is 4.50. The molecule has 2 N–H and O–H groups in total. The van der Waals surface area contributed by atoms with Crippen LogP contribution in [-0.4, -0.2) is 12.6 Å². The highest BCUT2D eigenvalue weighted by molar-refractivity contribution is 6.42. The lowest BCUT2D eigenvalue weighted by atomic mass is 9.92. The van der Waals surface area contributed by atoms with E-state index in [1.54, 1.807) is 37.3 Å². The van der Waals surface area contributed by atoms with Crippen LogP contribution in [0.15, 0.2) is 69.9 Å². The molecule has 0 spiro atoms. The summed E-state index contributed by atoms with van der Waals surface area (Å²) in [5.74, 6) is -0.643. The van der Waals surface area contributed by atoms with Gasteiger partial charge in [0.2, 0.25) is 0 Å². The molecule has 0 aliphatic rings. The van der Waals surface area contributed by atoms with Gasteiger partial charge < -0.3 is 14.9 Å². The number of carbonyl (C=O) groups excluding carboxylic acids is 1. The van der Waals surface area contributed by atoms with Crippen LogP contribution in [0, 0.1) is 0 Å². The molecule has 164 valence electrons. The molecule has 1 heterocycles. The molecule has 7 heteroatoms. The summed E-state index contributed by atoms with van der Waals surface area (Å²) in [6.45, 7) is 1.84. The summed E-state index contributed by atoms with van der Waals surface area (Å²) in [6, 6.07) is 18.2. The Kier molecular flexibility index (Phi) is 5.23. The lowest BCUT2D eigenvalue weighted by Gasteiger charge is -2.16. The molecule has 5 nitrogen and oxygen atoms in total. The van der Waals surface area contributed by atoms with Crippen LogP contribution in [-0.2, 0) is 4.74 Å². The zero-order valence-corrected chi connectivity index (χ0v) is 19.0. The van der Waals surface area contributed by atoms with E-state index >= 15 is 0 Å². The SMILES string of the molecule is CCOC(=O)c1c(-c2ccc(Cl)c(Cl)c2)cc2c(c1N)c(=O)oc1ccc3ccccc3c12. The van der Waals surface area contributed by atoms with Gasteiger partial charge in [-0.1, -0.05) is 59.6 Å². The van der Waals surface area contributed by atoms with Crippen LogP contribution in [0.1, 0.15) is 17.3 Å². The first-order valence-electron chi connectivity index (χ1n) is 10.2. The Morgan fingerprint density at radius 1 is 0.970 bits per heavy atom. The Morgan fingerprint density at radius 3 is 2.52 bits per heavy atom. The van der Waals surface area contributed by atoms with Gasteiger partial charge in [-0.15, -0.1) is 0 Å². The van der Waals surface area contributed by atoms with Crippen molar-refractivity contribution in [2.75, 3.05) is 12.3 Å². The van der Waals surface area contributed by atoms with Crippen LogP contribution in [0.2, 0.25) is 10.0 Å². The molecule has 0 atom stereocenters. The van der Waals surface area contributed by atoms with E-state index in [0.717, 1.165) is 16.2 Å². The van der Waals surface area contributed by atoms with Gasteiger partial charge >= 0.3 is 11.6 Å². The van der Waals surface area contributed by atoms with Crippen LogP contribution >= 0.6 is 23.2 Å². The van der Waals surface area contributed by atoms with E-state index in [0.29, 0.717) is 32.1 Å². The first kappa shape index (κ1) is 21.3. The van der Waals surface area contributed by atoms with Gasteiger partial charge in [-0.25, -0.2) is 9.59 Å². The standard InChI is InChI=1S/C26H17Cl2NO4/c1-2-32-25(30)22-16(14-7-9-18(27)19(28)11-14)12-17-21-15-6-4-3-5-13(15)8-10-20(21)33-26(31)23(17)24(22)29/h3-12H,2,29H2,1H3. The summed E-state index contributed by atoms with van der Waals surface area (Å²) in [5, 5.41) is 4.01. The van der Waals surface area contributed by atoms with E-state index < -0.39 is 11.6 Å². The number of anilines is 1. The molecule has 0 aliphatic heterocycles. The Morgan fingerprint density at radius 2 is 1.76 bits per heavy atom. The summed E-state index contributed by atoms with van der Waals surface area (Å²) >= 11 is 12.4. The Bertz CT molecular complexity index is 1660. The fraction of sp³-hybridized carbons (Fsp3) is 0.0769. The van der Waals surface area contributed by atoms with Crippen molar-refractivity contribution in [1.82, 2.24) is 0 Å². The molecule has 33 heavy (non-hydrogen) atoms. The molecule has 0 aliphatic carbocycles. The van der Waals surface area contributed by atoms with Crippen LogP contribution in [0.25, 0.3) is 43.6 Å². The summed E-state index contributed by atoms with van der Waals surface area (Å²) < 4.78 is 10.9. The van der Waals surface area contributed by atoms with Crippen molar-refractivity contribution in [1.29, 1.82) is 0 Å². The highest BCUT2D eigenvalue weighted by Crippen LogP contribution is 2.40. The second-order valence-electron chi connectivity index (χ2n) is 7.53. The molecule has 0 fully saturated rings. The van der Waals surface area contributed by atoms with Gasteiger partial charge in [0.1, 0.15) is 5.58 Å². The maximum absolute atomic E-state index is 13.0. The molecular weight excluding hydrogens is 461 g/mol. The van der Waals surface area contributed by atoms with Crippen LogP contribution in [0.3, 0.4) is 0 Å². The lowest BCUT2D eigenvalue weighted by Crippen LogP contribution is -2.13. The first-order chi connectivity index (χ1) is 15.9. The van der Waals surface area contributed by atoms with E-state index in [2.05, 4.69) is 0 Å². The summed E-state index contributed by atoms with van der Waals surface area (Å²) in [5.41, 5.74) is 7.44. The highest BCUT2D eigenvalue weighted by Gasteiger charge is 2.24. The zero-order valence-electron chi connectivity index (χ0n) is 17.4. The number of ether oxygens (including phenoxy) is 1. The summed E-state index contributed by atoms with van der Waals surface area (Å²) in [4.78, 5) is 25.9. The monoisotopic (exact) mass is 477 g/mol. The van der Waals surface area contributed by atoms with Gasteiger partial charge in [-0.3, -0.25) is 0 Å².